The smallest absolute Gasteiger partial charge is 0.253 e. The predicted molar refractivity (Wildman–Crippen MR) is 78.1 cm³/mol. The van der Waals surface area contributed by atoms with E-state index in [2.05, 4.69) is 5.32 Å². The van der Waals surface area contributed by atoms with E-state index in [1.165, 1.54) is 0 Å². The summed E-state index contributed by atoms with van der Waals surface area (Å²) in [5.74, 6) is -0.811. The van der Waals surface area contributed by atoms with Crippen molar-refractivity contribution in [2.75, 3.05) is 5.32 Å². The molecule has 0 radical (unpaired) electrons. The van der Waals surface area contributed by atoms with E-state index in [9.17, 15) is 9.59 Å². The molecule has 0 fully saturated rings. The van der Waals surface area contributed by atoms with Crippen LogP contribution in [-0.2, 0) is 11.2 Å². The van der Waals surface area contributed by atoms with Gasteiger partial charge in [-0.3, -0.25) is 9.59 Å². The first-order chi connectivity index (χ1) is 9.61. The first kappa shape index (κ1) is 12.9. The summed E-state index contributed by atoms with van der Waals surface area (Å²) >= 11 is 6.38. The van der Waals surface area contributed by atoms with Crippen molar-refractivity contribution in [3.8, 4) is 0 Å². The van der Waals surface area contributed by atoms with Gasteiger partial charge in [0.05, 0.1) is 5.69 Å². The van der Waals surface area contributed by atoms with Gasteiger partial charge in [0, 0.05) is 12.0 Å². The standard InChI is InChI=1S/C16H12ClNO2/c17-16(10-11-6-2-1-3-7-11)14(19)12-8-4-5-9-13(12)18-15(16)20/h1-9H,10H2,(H,18,20)/t16-/m1/s1. The summed E-state index contributed by atoms with van der Waals surface area (Å²) in [6.07, 6.45) is 0.175. The molecule has 2 aromatic carbocycles. The number of carbonyl (C=O) groups is 2. The first-order valence-corrected chi connectivity index (χ1v) is 6.67. The molecule has 1 atom stereocenters. The topological polar surface area (TPSA) is 46.2 Å². The number of Topliss-reactive ketones (excluding diaryl/α,β-unsaturated/α-hetero) is 1. The molecule has 4 heteroatoms. The molecule has 1 amide bonds. The summed E-state index contributed by atoms with van der Waals surface area (Å²) in [6, 6.07) is 16.2. The number of halogens is 1. The van der Waals surface area contributed by atoms with Crippen LogP contribution in [0.4, 0.5) is 5.69 Å². The Hall–Kier alpha value is -2.13. The maximum absolute atomic E-state index is 12.6. The summed E-state index contributed by atoms with van der Waals surface area (Å²) in [4.78, 5) is 23.2. The molecule has 100 valence electrons. The van der Waals surface area contributed by atoms with Gasteiger partial charge in [-0.2, -0.15) is 0 Å². The molecule has 0 spiro atoms. The minimum Gasteiger partial charge on any atom is -0.323 e. The van der Waals surface area contributed by atoms with Crippen LogP contribution >= 0.6 is 11.6 Å². The molecule has 20 heavy (non-hydrogen) atoms. The molecular weight excluding hydrogens is 274 g/mol. The van der Waals surface area contributed by atoms with Crippen molar-refractivity contribution < 1.29 is 9.59 Å². The van der Waals surface area contributed by atoms with Crippen LogP contribution in [0.3, 0.4) is 0 Å². The first-order valence-electron chi connectivity index (χ1n) is 6.29. The van der Waals surface area contributed by atoms with Crippen LogP contribution in [0.5, 0.6) is 0 Å². The lowest BCUT2D eigenvalue weighted by atomic mass is 9.86. The molecule has 3 nitrogen and oxygen atoms in total. The van der Waals surface area contributed by atoms with E-state index < -0.39 is 10.8 Å². The molecule has 2 aromatic rings. The maximum atomic E-state index is 12.6. The van der Waals surface area contributed by atoms with E-state index in [1.54, 1.807) is 24.3 Å². The molecule has 3 rings (SSSR count). The molecule has 0 saturated heterocycles. The van der Waals surface area contributed by atoms with Crippen LogP contribution in [0, 0.1) is 0 Å². The van der Waals surface area contributed by atoms with Crippen molar-refractivity contribution in [2.24, 2.45) is 0 Å². The fraction of sp³-hybridized carbons (Fsp3) is 0.125. The second-order valence-electron chi connectivity index (χ2n) is 4.79. The number of fused-ring (bicyclic) bond motifs is 1. The van der Waals surface area contributed by atoms with E-state index in [1.807, 2.05) is 30.3 Å². The Morgan fingerprint density at radius 2 is 1.60 bits per heavy atom. The average Bonchev–Trinajstić information content (AvgIpc) is 2.47. The predicted octanol–water partition coefficient (Wildman–Crippen LogP) is 3.04. The molecule has 0 unspecified atom stereocenters. The van der Waals surface area contributed by atoms with Crippen molar-refractivity contribution in [1.82, 2.24) is 0 Å². The number of benzene rings is 2. The van der Waals surface area contributed by atoms with Gasteiger partial charge < -0.3 is 5.32 Å². The van der Waals surface area contributed by atoms with Crippen LogP contribution in [0.25, 0.3) is 0 Å². The number of anilines is 1. The van der Waals surface area contributed by atoms with Gasteiger partial charge in [0.1, 0.15) is 0 Å². The number of ketones is 1. The highest BCUT2D eigenvalue weighted by molar-refractivity contribution is 6.52. The molecule has 0 saturated carbocycles. The Kier molecular flexibility index (Phi) is 3.07. The quantitative estimate of drug-likeness (QED) is 0.681. The minimum absolute atomic E-state index is 0.175. The highest BCUT2D eigenvalue weighted by atomic mass is 35.5. The van der Waals surface area contributed by atoms with Gasteiger partial charge >= 0.3 is 0 Å². The zero-order valence-corrected chi connectivity index (χ0v) is 11.4. The van der Waals surface area contributed by atoms with Crippen molar-refractivity contribution in [3.63, 3.8) is 0 Å². The third-order valence-corrected chi connectivity index (χ3v) is 3.91. The van der Waals surface area contributed by atoms with Crippen LogP contribution < -0.4 is 5.32 Å². The van der Waals surface area contributed by atoms with Crippen LogP contribution in [0.2, 0.25) is 0 Å². The number of para-hydroxylation sites is 1. The number of nitrogens with one attached hydrogen (secondary N) is 1. The summed E-state index contributed by atoms with van der Waals surface area (Å²) in [7, 11) is 0. The van der Waals surface area contributed by atoms with Crippen LogP contribution in [0.1, 0.15) is 15.9 Å². The fourth-order valence-corrected chi connectivity index (χ4v) is 2.67. The monoisotopic (exact) mass is 285 g/mol. The molecule has 1 aliphatic rings. The fourth-order valence-electron chi connectivity index (χ4n) is 2.37. The third kappa shape index (κ3) is 2.00. The Labute approximate surface area is 121 Å². The average molecular weight is 286 g/mol. The molecule has 1 N–H and O–H groups in total. The molecule has 0 bridgehead atoms. The van der Waals surface area contributed by atoms with Gasteiger partial charge in [-0.15, -0.1) is 0 Å². The molecule has 0 aromatic heterocycles. The Bertz CT molecular complexity index is 684. The highest BCUT2D eigenvalue weighted by Gasteiger charge is 2.48. The Balaban J connectivity index is 2.01. The zero-order chi connectivity index (χ0) is 14.2. The van der Waals surface area contributed by atoms with Crippen molar-refractivity contribution in [3.05, 3.63) is 65.7 Å². The third-order valence-electron chi connectivity index (χ3n) is 3.43. The zero-order valence-electron chi connectivity index (χ0n) is 10.6. The number of rotatable bonds is 2. The Morgan fingerprint density at radius 3 is 2.35 bits per heavy atom. The van der Waals surface area contributed by atoms with E-state index in [0.717, 1.165) is 5.56 Å². The number of hydrogen-bond donors (Lipinski definition) is 1. The molecule has 1 heterocycles. The molecule has 0 aliphatic carbocycles. The van der Waals surface area contributed by atoms with Gasteiger partial charge in [0.2, 0.25) is 0 Å². The Morgan fingerprint density at radius 1 is 0.950 bits per heavy atom. The normalized spacial score (nSPS) is 21.2. The second kappa shape index (κ2) is 4.76. The number of carbonyl (C=O) groups excluding carboxylic acids is 2. The van der Waals surface area contributed by atoms with Gasteiger partial charge in [0.25, 0.3) is 5.91 Å². The summed E-state index contributed by atoms with van der Waals surface area (Å²) in [5, 5.41) is 2.71. The lowest BCUT2D eigenvalue weighted by Crippen LogP contribution is -2.50. The maximum Gasteiger partial charge on any atom is 0.253 e. The second-order valence-corrected chi connectivity index (χ2v) is 5.44. The number of amides is 1. The van der Waals surface area contributed by atoms with E-state index in [-0.39, 0.29) is 12.2 Å². The number of hydrogen-bond acceptors (Lipinski definition) is 2. The highest BCUT2D eigenvalue weighted by Crippen LogP contribution is 2.34. The van der Waals surface area contributed by atoms with Gasteiger partial charge in [-0.25, -0.2) is 0 Å². The van der Waals surface area contributed by atoms with E-state index in [0.29, 0.717) is 11.3 Å². The van der Waals surface area contributed by atoms with Crippen molar-refractivity contribution in [1.29, 1.82) is 0 Å². The molecular formula is C16H12ClNO2. The van der Waals surface area contributed by atoms with E-state index in [4.69, 9.17) is 11.6 Å². The lowest BCUT2D eigenvalue weighted by molar-refractivity contribution is -0.117. The van der Waals surface area contributed by atoms with Crippen molar-refractivity contribution >= 4 is 29.0 Å². The van der Waals surface area contributed by atoms with Gasteiger partial charge in [0.15, 0.2) is 10.7 Å². The van der Waals surface area contributed by atoms with E-state index >= 15 is 0 Å². The minimum atomic E-state index is -1.57. The molecule has 1 aliphatic heterocycles. The van der Waals surface area contributed by atoms with Gasteiger partial charge in [-0.1, -0.05) is 54.1 Å². The van der Waals surface area contributed by atoms with Gasteiger partial charge in [-0.05, 0) is 17.7 Å². The van der Waals surface area contributed by atoms with Crippen LogP contribution in [0.15, 0.2) is 54.6 Å². The summed E-state index contributed by atoms with van der Waals surface area (Å²) in [5.41, 5.74) is 1.83. The lowest BCUT2D eigenvalue weighted by Gasteiger charge is -2.30. The summed E-state index contributed by atoms with van der Waals surface area (Å²) < 4.78 is 0. The summed E-state index contributed by atoms with van der Waals surface area (Å²) in [6.45, 7) is 0. The SMILES string of the molecule is O=C1Nc2ccccc2C(=O)[C@]1(Cl)Cc1ccccc1. The number of alkyl halides is 1. The van der Waals surface area contributed by atoms with Crippen LogP contribution in [-0.4, -0.2) is 16.6 Å². The van der Waals surface area contributed by atoms with Crippen molar-refractivity contribution in [2.45, 2.75) is 11.3 Å². The largest absolute Gasteiger partial charge is 0.323 e.